The molecule has 2 aliphatic heterocycles. The number of nitrogens with zero attached hydrogens (tertiary/aromatic N) is 6. The lowest BCUT2D eigenvalue weighted by Gasteiger charge is -2.24. The Morgan fingerprint density at radius 3 is 2.59 bits per heavy atom. The molecule has 0 saturated carbocycles. The minimum absolute atomic E-state index is 0.0291. The fourth-order valence-electron chi connectivity index (χ4n) is 4.96. The molecule has 2 fully saturated rings. The minimum Gasteiger partial charge on any atom is -0.381 e. The van der Waals surface area contributed by atoms with Crippen molar-refractivity contribution in [2.45, 2.75) is 37.8 Å². The normalized spacial score (nSPS) is 18.7. The summed E-state index contributed by atoms with van der Waals surface area (Å²) in [7, 11) is 0. The van der Waals surface area contributed by atoms with Crippen molar-refractivity contribution in [2.24, 2.45) is 0 Å². The van der Waals surface area contributed by atoms with E-state index in [2.05, 4.69) is 15.3 Å². The molecule has 1 aromatic carbocycles. The first-order valence-electron chi connectivity index (χ1n) is 11.1. The van der Waals surface area contributed by atoms with Crippen LogP contribution in [0.15, 0.2) is 35.5 Å². The van der Waals surface area contributed by atoms with Crippen molar-refractivity contribution in [3.8, 4) is 5.95 Å². The topological polar surface area (TPSA) is 91.8 Å². The van der Waals surface area contributed by atoms with Gasteiger partial charge >= 0.3 is 5.69 Å². The molecule has 9 nitrogen and oxygen atoms in total. The second kappa shape index (κ2) is 7.79. The van der Waals surface area contributed by atoms with Crippen molar-refractivity contribution in [3.05, 3.63) is 47.0 Å². The van der Waals surface area contributed by atoms with Crippen molar-refractivity contribution < 1.29 is 9.13 Å². The van der Waals surface area contributed by atoms with Crippen LogP contribution in [-0.4, -0.2) is 55.0 Å². The average Bonchev–Trinajstić information content (AvgIpc) is 3.37. The van der Waals surface area contributed by atoms with E-state index >= 15 is 0 Å². The highest BCUT2D eigenvalue weighted by Gasteiger charge is 2.28. The fraction of sp³-hybridized carbons (Fsp3) is 0.455. The van der Waals surface area contributed by atoms with Gasteiger partial charge < -0.3 is 10.1 Å². The molecular weight excluding hydrogens is 413 g/mol. The zero-order valence-corrected chi connectivity index (χ0v) is 17.6. The van der Waals surface area contributed by atoms with Crippen LogP contribution in [0.1, 0.15) is 37.8 Å². The van der Waals surface area contributed by atoms with Crippen molar-refractivity contribution in [1.82, 2.24) is 34.0 Å². The van der Waals surface area contributed by atoms with E-state index in [-0.39, 0.29) is 23.6 Å². The van der Waals surface area contributed by atoms with Crippen molar-refractivity contribution in [2.75, 3.05) is 26.3 Å². The van der Waals surface area contributed by atoms with E-state index in [0.29, 0.717) is 35.8 Å². The number of imidazole rings is 2. The van der Waals surface area contributed by atoms with Gasteiger partial charge in [0.25, 0.3) is 0 Å². The molecule has 4 aromatic rings. The van der Waals surface area contributed by atoms with Crippen molar-refractivity contribution in [1.29, 1.82) is 0 Å². The third kappa shape index (κ3) is 3.13. The molecule has 0 amide bonds. The highest BCUT2D eigenvalue weighted by Crippen LogP contribution is 2.28. The monoisotopic (exact) mass is 437 g/mol. The molecule has 2 saturated heterocycles. The van der Waals surface area contributed by atoms with E-state index < -0.39 is 0 Å². The molecule has 0 aliphatic carbocycles. The third-order valence-electron chi connectivity index (χ3n) is 6.59. The van der Waals surface area contributed by atoms with Gasteiger partial charge in [-0.05, 0) is 50.9 Å². The van der Waals surface area contributed by atoms with Crippen LogP contribution in [-0.2, 0) is 4.74 Å². The molecule has 0 radical (unpaired) electrons. The molecule has 0 spiro atoms. The van der Waals surface area contributed by atoms with Crippen molar-refractivity contribution in [3.63, 3.8) is 0 Å². The Kier molecular flexibility index (Phi) is 4.76. The summed E-state index contributed by atoms with van der Waals surface area (Å²) in [4.78, 5) is 27.4. The predicted octanol–water partition coefficient (Wildman–Crippen LogP) is 2.35. The molecule has 0 bridgehead atoms. The van der Waals surface area contributed by atoms with Crippen LogP contribution < -0.4 is 11.0 Å². The quantitative estimate of drug-likeness (QED) is 0.529. The van der Waals surface area contributed by atoms with Crippen LogP contribution in [0.25, 0.3) is 28.1 Å². The Hall–Kier alpha value is -3.11. The van der Waals surface area contributed by atoms with Gasteiger partial charge in [0.1, 0.15) is 17.7 Å². The van der Waals surface area contributed by atoms with E-state index in [0.717, 1.165) is 44.3 Å². The maximum absolute atomic E-state index is 13.9. The van der Waals surface area contributed by atoms with Crippen LogP contribution >= 0.6 is 0 Å². The summed E-state index contributed by atoms with van der Waals surface area (Å²) < 4.78 is 24.8. The molecule has 10 heteroatoms. The van der Waals surface area contributed by atoms with Gasteiger partial charge in [0, 0.05) is 31.4 Å². The molecule has 6 rings (SSSR count). The van der Waals surface area contributed by atoms with E-state index in [1.807, 2.05) is 9.13 Å². The first-order valence-corrected chi connectivity index (χ1v) is 11.1. The van der Waals surface area contributed by atoms with Crippen LogP contribution in [0.5, 0.6) is 0 Å². The lowest BCUT2D eigenvalue weighted by Crippen LogP contribution is -2.36. The average molecular weight is 437 g/mol. The Morgan fingerprint density at radius 2 is 1.78 bits per heavy atom. The van der Waals surface area contributed by atoms with Crippen LogP contribution in [0.2, 0.25) is 0 Å². The third-order valence-corrected chi connectivity index (χ3v) is 6.59. The molecule has 0 atom stereocenters. The Bertz CT molecular complexity index is 1350. The van der Waals surface area contributed by atoms with E-state index in [4.69, 9.17) is 9.72 Å². The van der Waals surface area contributed by atoms with Gasteiger partial charge in [-0.1, -0.05) is 0 Å². The van der Waals surface area contributed by atoms with E-state index in [1.165, 1.54) is 12.1 Å². The Labute approximate surface area is 182 Å². The second-order valence-corrected chi connectivity index (χ2v) is 8.47. The highest BCUT2D eigenvalue weighted by molar-refractivity contribution is 5.77. The van der Waals surface area contributed by atoms with Gasteiger partial charge in [-0.3, -0.25) is 13.7 Å². The maximum Gasteiger partial charge on any atom is 0.330 e. The lowest BCUT2D eigenvalue weighted by molar-refractivity contribution is 0.0693. The SMILES string of the molecule is O=c1n(C2CCNCC2)c2cnc(-n3cnc4ccc(F)cc43)nc2n1C1CCOCC1. The molecule has 3 aromatic heterocycles. The zero-order valence-electron chi connectivity index (χ0n) is 17.6. The van der Waals surface area contributed by atoms with Gasteiger partial charge in [-0.15, -0.1) is 0 Å². The number of aromatic nitrogens is 6. The summed E-state index contributed by atoms with van der Waals surface area (Å²) in [5.74, 6) is 0.0189. The number of piperidine rings is 1. The number of benzene rings is 1. The second-order valence-electron chi connectivity index (χ2n) is 8.47. The number of hydrogen-bond donors (Lipinski definition) is 1. The van der Waals surface area contributed by atoms with Gasteiger partial charge in [0.15, 0.2) is 5.65 Å². The zero-order chi connectivity index (χ0) is 21.7. The van der Waals surface area contributed by atoms with Gasteiger partial charge in [-0.2, -0.15) is 4.98 Å². The number of nitrogens with one attached hydrogen (secondary N) is 1. The Morgan fingerprint density at radius 1 is 1.00 bits per heavy atom. The number of hydrogen-bond acceptors (Lipinski definition) is 6. The summed E-state index contributed by atoms with van der Waals surface area (Å²) in [5.41, 5.74) is 2.56. The first kappa shape index (κ1) is 19.6. The van der Waals surface area contributed by atoms with Crippen LogP contribution in [0.4, 0.5) is 4.39 Å². The summed E-state index contributed by atoms with van der Waals surface area (Å²) in [6, 6.07) is 4.57. The van der Waals surface area contributed by atoms with Gasteiger partial charge in [0.05, 0.1) is 17.2 Å². The van der Waals surface area contributed by atoms with Crippen LogP contribution in [0.3, 0.4) is 0 Å². The maximum atomic E-state index is 13.9. The molecule has 32 heavy (non-hydrogen) atoms. The van der Waals surface area contributed by atoms with Crippen LogP contribution in [0, 0.1) is 5.82 Å². The molecule has 166 valence electrons. The molecular formula is C22H24FN7O2. The number of ether oxygens (including phenoxy) is 1. The smallest absolute Gasteiger partial charge is 0.330 e. The summed E-state index contributed by atoms with van der Waals surface area (Å²) in [5, 5.41) is 3.36. The molecule has 1 N–H and O–H groups in total. The largest absolute Gasteiger partial charge is 0.381 e. The number of rotatable bonds is 3. The Balaban J connectivity index is 1.56. The van der Waals surface area contributed by atoms with Crippen molar-refractivity contribution >= 4 is 22.2 Å². The summed E-state index contributed by atoms with van der Waals surface area (Å²) in [6.07, 6.45) is 6.63. The van der Waals surface area contributed by atoms with Gasteiger partial charge in [0.2, 0.25) is 5.95 Å². The standard InChI is InChI=1S/C22H24FN7O2/c23-14-1-2-17-18(11-14)28(13-26-17)21-25-12-19-20(27-21)30(16-5-9-32-10-6-16)22(31)29(19)15-3-7-24-8-4-15/h1-2,11-13,15-16,24H,3-10H2. The minimum atomic E-state index is -0.350. The summed E-state index contributed by atoms with van der Waals surface area (Å²) in [6.45, 7) is 3.01. The fourth-order valence-corrected chi connectivity index (χ4v) is 4.96. The summed E-state index contributed by atoms with van der Waals surface area (Å²) >= 11 is 0. The molecule has 0 unspecified atom stereocenters. The predicted molar refractivity (Wildman–Crippen MR) is 117 cm³/mol. The van der Waals surface area contributed by atoms with E-state index in [1.54, 1.807) is 23.2 Å². The van der Waals surface area contributed by atoms with E-state index in [9.17, 15) is 9.18 Å². The first-order chi connectivity index (χ1) is 15.7. The number of halogens is 1. The van der Waals surface area contributed by atoms with Gasteiger partial charge in [-0.25, -0.2) is 19.2 Å². The lowest BCUT2D eigenvalue weighted by atomic mass is 10.1. The molecule has 5 heterocycles. The molecule has 2 aliphatic rings. The highest BCUT2D eigenvalue weighted by atomic mass is 19.1. The number of fused-ring (bicyclic) bond motifs is 2.